The molecule has 0 bridgehead atoms. The summed E-state index contributed by atoms with van der Waals surface area (Å²) in [5.41, 5.74) is 5.52. The van der Waals surface area contributed by atoms with Crippen LogP contribution in [0.4, 0.5) is 0 Å². The van der Waals surface area contributed by atoms with Crippen LogP contribution >= 0.6 is 0 Å². The summed E-state index contributed by atoms with van der Waals surface area (Å²) in [6.07, 6.45) is 8.64. The number of Topliss-reactive ketones (excluding diaryl/α,β-unsaturated/α-hetero) is 1. The number of nitriles is 1. The van der Waals surface area contributed by atoms with Crippen LogP contribution in [0.2, 0.25) is 0 Å². The predicted molar refractivity (Wildman–Crippen MR) is 115 cm³/mol. The molecular weight excluding hydrogens is 360 g/mol. The maximum absolute atomic E-state index is 11.8. The minimum absolute atomic E-state index is 0.0121. The van der Waals surface area contributed by atoms with E-state index in [0.29, 0.717) is 18.4 Å². The number of hydrogen-bond acceptors (Lipinski definition) is 4. The number of benzene rings is 1. The topological polar surface area (TPSA) is 53.3 Å². The molecule has 29 heavy (non-hydrogen) atoms. The molecule has 4 nitrogen and oxygen atoms in total. The first-order valence-electron chi connectivity index (χ1n) is 11.0. The van der Waals surface area contributed by atoms with E-state index in [1.807, 2.05) is 0 Å². The van der Waals surface area contributed by atoms with Crippen LogP contribution in [0, 0.1) is 23.2 Å². The molecule has 0 N–H and O–H groups in total. The zero-order chi connectivity index (χ0) is 20.5. The Morgan fingerprint density at radius 3 is 2.66 bits per heavy atom. The van der Waals surface area contributed by atoms with E-state index in [2.05, 4.69) is 43.3 Å². The average Bonchev–Trinajstić information content (AvgIpc) is 3.26. The highest BCUT2D eigenvalue weighted by atomic mass is 16.5. The first-order chi connectivity index (χ1) is 14.0. The Balaban J connectivity index is 1.53. The lowest BCUT2D eigenvalue weighted by atomic mass is 9.85. The monoisotopic (exact) mass is 392 g/mol. The van der Waals surface area contributed by atoms with Crippen LogP contribution in [0.1, 0.15) is 63.0 Å². The van der Waals surface area contributed by atoms with Gasteiger partial charge < -0.3 is 9.64 Å². The van der Waals surface area contributed by atoms with E-state index < -0.39 is 5.92 Å². The molecule has 0 radical (unpaired) electrons. The van der Waals surface area contributed by atoms with E-state index >= 15 is 0 Å². The van der Waals surface area contributed by atoms with E-state index in [1.165, 1.54) is 35.1 Å². The number of hydrogen-bond donors (Lipinski definition) is 0. The van der Waals surface area contributed by atoms with Gasteiger partial charge in [0.25, 0.3) is 0 Å². The second-order valence-corrected chi connectivity index (χ2v) is 9.26. The van der Waals surface area contributed by atoms with Crippen molar-refractivity contribution in [3.63, 3.8) is 0 Å². The molecular formula is C25H32N2O2. The van der Waals surface area contributed by atoms with Gasteiger partial charge in [0.15, 0.2) is 0 Å². The zero-order valence-electron chi connectivity index (χ0n) is 17.9. The molecule has 1 fully saturated rings. The molecule has 3 aliphatic carbocycles. The molecule has 0 saturated heterocycles. The van der Waals surface area contributed by atoms with Crippen molar-refractivity contribution in [1.29, 1.82) is 5.26 Å². The summed E-state index contributed by atoms with van der Waals surface area (Å²) in [7, 11) is 4.33. The minimum Gasteiger partial charge on any atom is -0.490 e. The summed E-state index contributed by atoms with van der Waals surface area (Å²) >= 11 is 0. The third-order valence-electron chi connectivity index (χ3n) is 7.20. The maximum Gasteiger partial charge on any atom is 0.146 e. The third kappa shape index (κ3) is 3.98. The lowest BCUT2D eigenvalue weighted by Gasteiger charge is -2.33. The molecule has 1 unspecified atom stereocenters. The van der Waals surface area contributed by atoms with Gasteiger partial charge in [-0.25, -0.2) is 0 Å². The van der Waals surface area contributed by atoms with E-state index in [1.54, 1.807) is 6.92 Å². The largest absolute Gasteiger partial charge is 0.490 e. The molecule has 0 heterocycles. The SMILES string of the molecule is CC(=O)C(C#N)C[C@H]1CCC2=C1c1c(cccc1O[C@H]1CC[C@H](N(C)C)CC1)C2. The number of fused-ring (bicyclic) bond motifs is 2. The van der Waals surface area contributed by atoms with E-state index in [-0.39, 0.29) is 11.9 Å². The highest BCUT2D eigenvalue weighted by Crippen LogP contribution is 2.51. The zero-order valence-corrected chi connectivity index (χ0v) is 17.9. The van der Waals surface area contributed by atoms with Crippen LogP contribution in [0.25, 0.3) is 5.57 Å². The Morgan fingerprint density at radius 2 is 2.00 bits per heavy atom. The number of ether oxygens (including phenoxy) is 1. The van der Waals surface area contributed by atoms with Gasteiger partial charge in [-0.15, -0.1) is 0 Å². The molecule has 3 aliphatic rings. The smallest absolute Gasteiger partial charge is 0.146 e. The number of carbonyl (C=O) groups is 1. The summed E-state index contributed by atoms with van der Waals surface area (Å²) in [6, 6.07) is 9.34. The second kappa shape index (κ2) is 8.32. The molecule has 4 rings (SSSR count). The van der Waals surface area contributed by atoms with Crippen LogP contribution in [0.3, 0.4) is 0 Å². The Kier molecular flexibility index (Phi) is 5.79. The Bertz CT molecular complexity index is 856. The van der Waals surface area contributed by atoms with Gasteiger partial charge in [-0.05, 0) is 95.5 Å². The van der Waals surface area contributed by atoms with Crippen molar-refractivity contribution in [2.45, 2.75) is 70.4 Å². The van der Waals surface area contributed by atoms with Gasteiger partial charge in [-0.1, -0.05) is 17.7 Å². The molecule has 0 amide bonds. The maximum atomic E-state index is 11.8. The van der Waals surface area contributed by atoms with Crippen molar-refractivity contribution in [2.24, 2.45) is 11.8 Å². The first-order valence-corrected chi connectivity index (χ1v) is 11.0. The summed E-state index contributed by atoms with van der Waals surface area (Å²) in [5, 5.41) is 9.41. The van der Waals surface area contributed by atoms with E-state index in [0.717, 1.165) is 37.9 Å². The molecule has 0 aliphatic heterocycles. The highest BCUT2D eigenvalue weighted by Gasteiger charge is 2.37. The van der Waals surface area contributed by atoms with E-state index in [4.69, 9.17) is 4.74 Å². The van der Waals surface area contributed by atoms with Gasteiger partial charge in [0.1, 0.15) is 17.5 Å². The molecule has 4 heteroatoms. The lowest BCUT2D eigenvalue weighted by molar-refractivity contribution is -0.119. The number of rotatable bonds is 6. The Labute approximate surface area is 174 Å². The van der Waals surface area contributed by atoms with Crippen LogP contribution < -0.4 is 4.74 Å². The van der Waals surface area contributed by atoms with Crippen molar-refractivity contribution >= 4 is 11.4 Å². The number of carbonyl (C=O) groups excluding carboxylic acids is 1. The molecule has 1 aromatic carbocycles. The summed E-state index contributed by atoms with van der Waals surface area (Å²) < 4.78 is 6.58. The Morgan fingerprint density at radius 1 is 1.24 bits per heavy atom. The molecule has 1 saturated carbocycles. The van der Waals surface area contributed by atoms with Crippen molar-refractivity contribution in [3.05, 3.63) is 34.9 Å². The summed E-state index contributed by atoms with van der Waals surface area (Å²) in [5.74, 6) is 0.810. The number of ketones is 1. The molecule has 1 aromatic rings. The van der Waals surface area contributed by atoms with Gasteiger partial charge in [0.05, 0.1) is 12.2 Å². The van der Waals surface area contributed by atoms with Gasteiger partial charge in [-0.2, -0.15) is 5.26 Å². The Hall–Kier alpha value is -2.12. The molecule has 0 spiro atoms. The fraction of sp³-hybridized carbons (Fsp3) is 0.600. The van der Waals surface area contributed by atoms with Gasteiger partial charge >= 0.3 is 0 Å². The van der Waals surface area contributed by atoms with Crippen LogP contribution in [0.15, 0.2) is 23.8 Å². The molecule has 154 valence electrons. The molecule has 0 aromatic heterocycles. The highest BCUT2D eigenvalue weighted by molar-refractivity contribution is 5.85. The van der Waals surface area contributed by atoms with Gasteiger partial charge in [0, 0.05) is 11.6 Å². The predicted octanol–water partition coefficient (Wildman–Crippen LogP) is 4.78. The van der Waals surface area contributed by atoms with E-state index in [9.17, 15) is 10.1 Å². The fourth-order valence-corrected chi connectivity index (χ4v) is 5.53. The van der Waals surface area contributed by atoms with Crippen molar-refractivity contribution in [1.82, 2.24) is 4.90 Å². The van der Waals surface area contributed by atoms with Crippen LogP contribution in [-0.4, -0.2) is 36.9 Å². The summed E-state index contributed by atoms with van der Waals surface area (Å²) in [4.78, 5) is 14.2. The molecule has 2 atom stereocenters. The minimum atomic E-state index is -0.495. The van der Waals surface area contributed by atoms with Crippen LogP contribution in [-0.2, 0) is 11.2 Å². The van der Waals surface area contributed by atoms with Gasteiger partial charge in [0.2, 0.25) is 0 Å². The van der Waals surface area contributed by atoms with Crippen molar-refractivity contribution in [2.75, 3.05) is 14.1 Å². The quantitative estimate of drug-likeness (QED) is 0.699. The lowest BCUT2D eigenvalue weighted by Crippen LogP contribution is -2.35. The van der Waals surface area contributed by atoms with Crippen LogP contribution in [0.5, 0.6) is 5.75 Å². The number of allylic oxidation sites excluding steroid dienone is 2. The van der Waals surface area contributed by atoms with Gasteiger partial charge in [-0.3, -0.25) is 4.79 Å². The first kappa shape index (κ1) is 20.2. The average molecular weight is 393 g/mol. The summed E-state index contributed by atoms with van der Waals surface area (Å²) in [6.45, 7) is 1.54. The number of nitrogens with zero attached hydrogens (tertiary/aromatic N) is 2. The van der Waals surface area contributed by atoms with Crippen molar-refractivity contribution < 1.29 is 9.53 Å². The fourth-order valence-electron chi connectivity index (χ4n) is 5.53. The normalized spacial score (nSPS) is 26.8. The third-order valence-corrected chi connectivity index (χ3v) is 7.20. The second-order valence-electron chi connectivity index (χ2n) is 9.26. The standard InChI is InChI=1S/C25H32N2O2/c1-16(28)20(15-26)14-19-8-7-18-13-17-5-4-6-23(25(17)24(18)19)29-22-11-9-21(10-12-22)27(2)3/h4-6,19-22H,7-14H2,1-3H3/t19-,20?,21-,22-/m1/s1. The van der Waals surface area contributed by atoms with Crippen molar-refractivity contribution in [3.8, 4) is 11.8 Å².